The molecule has 136 valence electrons. The first-order chi connectivity index (χ1) is 12.6. The number of aryl methyl sites for hydroxylation is 1. The van der Waals surface area contributed by atoms with Gasteiger partial charge in [0.15, 0.2) is 0 Å². The minimum Gasteiger partial charge on any atom is -0.340 e. The van der Waals surface area contributed by atoms with Crippen LogP contribution in [0.2, 0.25) is 0 Å². The summed E-state index contributed by atoms with van der Waals surface area (Å²) in [5.41, 5.74) is 0.817. The molecule has 1 aromatic carbocycles. The van der Waals surface area contributed by atoms with Crippen molar-refractivity contribution in [1.29, 1.82) is 0 Å². The van der Waals surface area contributed by atoms with Gasteiger partial charge in [0.25, 0.3) is 0 Å². The van der Waals surface area contributed by atoms with Crippen LogP contribution in [0.1, 0.15) is 24.8 Å². The molecular formula is C19H20F2N4O. The third-order valence-corrected chi connectivity index (χ3v) is 5.08. The Kier molecular flexibility index (Phi) is 4.53. The number of piperidine rings is 1. The van der Waals surface area contributed by atoms with E-state index in [2.05, 4.69) is 9.97 Å². The number of hydrogen-bond donors (Lipinski definition) is 0. The molecule has 7 heteroatoms. The summed E-state index contributed by atoms with van der Waals surface area (Å²) in [5.74, 6) is -0.995. The topological polar surface area (TPSA) is 49.3 Å². The maximum atomic E-state index is 14.4. The number of anilines is 2. The summed E-state index contributed by atoms with van der Waals surface area (Å²) in [7, 11) is 0. The fourth-order valence-corrected chi connectivity index (χ4v) is 3.91. The van der Waals surface area contributed by atoms with Crippen molar-refractivity contribution in [3.8, 4) is 0 Å². The van der Waals surface area contributed by atoms with Gasteiger partial charge in [-0.1, -0.05) is 0 Å². The molecule has 0 saturated carbocycles. The third-order valence-electron chi connectivity index (χ3n) is 5.08. The van der Waals surface area contributed by atoms with Crippen LogP contribution in [0.3, 0.4) is 0 Å². The van der Waals surface area contributed by atoms with Crippen molar-refractivity contribution in [2.24, 2.45) is 5.92 Å². The Balaban J connectivity index is 1.57. The number of rotatable bonds is 2. The van der Waals surface area contributed by atoms with Crippen molar-refractivity contribution in [3.63, 3.8) is 0 Å². The van der Waals surface area contributed by atoms with E-state index in [4.69, 9.17) is 0 Å². The summed E-state index contributed by atoms with van der Waals surface area (Å²) in [6.45, 7) is 1.77. The number of hydrogen-bond acceptors (Lipinski definition) is 4. The highest BCUT2D eigenvalue weighted by Crippen LogP contribution is 2.33. The molecule has 26 heavy (non-hydrogen) atoms. The van der Waals surface area contributed by atoms with E-state index in [1.54, 1.807) is 18.5 Å². The van der Waals surface area contributed by atoms with Gasteiger partial charge in [0.1, 0.15) is 11.6 Å². The van der Waals surface area contributed by atoms with E-state index in [0.717, 1.165) is 25.5 Å². The lowest BCUT2D eigenvalue weighted by molar-refractivity contribution is -0.122. The summed E-state index contributed by atoms with van der Waals surface area (Å²) in [4.78, 5) is 25.1. The molecule has 1 atom stereocenters. The summed E-state index contributed by atoms with van der Waals surface area (Å²) in [6.07, 6.45) is 6.25. The molecule has 1 fully saturated rings. The Labute approximate surface area is 150 Å². The number of fused-ring (bicyclic) bond motifs is 1. The quantitative estimate of drug-likeness (QED) is 0.828. The molecule has 5 nitrogen and oxygen atoms in total. The molecule has 0 bridgehead atoms. The molecular weight excluding hydrogens is 338 g/mol. The first-order valence-corrected chi connectivity index (χ1v) is 8.95. The number of nitrogens with zero attached hydrogens (tertiary/aromatic N) is 4. The summed E-state index contributed by atoms with van der Waals surface area (Å²) in [5, 5.41) is 0. The molecule has 0 unspecified atom stereocenters. The molecule has 2 aromatic rings. The van der Waals surface area contributed by atoms with Crippen LogP contribution < -0.4 is 9.80 Å². The minimum atomic E-state index is -0.660. The van der Waals surface area contributed by atoms with E-state index in [9.17, 15) is 13.6 Å². The predicted molar refractivity (Wildman–Crippen MR) is 94.0 cm³/mol. The molecule has 0 radical (unpaired) electrons. The molecule has 0 N–H and O–H groups in total. The Bertz CT molecular complexity index is 815. The fourth-order valence-electron chi connectivity index (χ4n) is 3.91. The van der Waals surface area contributed by atoms with Crippen molar-refractivity contribution in [2.75, 3.05) is 29.4 Å². The second kappa shape index (κ2) is 6.97. The van der Waals surface area contributed by atoms with Crippen LogP contribution in [-0.4, -0.2) is 35.5 Å². The van der Waals surface area contributed by atoms with Gasteiger partial charge in [-0.15, -0.1) is 0 Å². The van der Waals surface area contributed by atoms with Crippen LogP contribution in [-0.2, 0) is 11.2 Å². The largest absolute Gasteiger partial charge is 0.340 e. The first-order valence-electron chi connectivity index (χ1n) is 8.95. The van der Waals surface area contributed by atoms with Gasteiger partial charge >= 0.3 is 0 Å². The minimum absolute atomic E-state index is 0.0999. The zero-order valence-electron chi connectivity index (χ0n) is 14.4. The van der Waals surface area contributed by atoms with Crippen molar-refractivity contribution in [2.45, 2.75) is 25.7 Å². The third kappa shape index (κ3) is 3.13. The molecule has 2 aliphatic heterocycles. The number of carbonyl (C=O) groups is 1. The Morgan fingerprint density at radius 3 is 2.73 bits per heavy atom. The normalized spacial score (nSPS) is 20.0. The second-order valence-corrected chi connectivity index (χ2v) is 6.82. The number of benzene rings is 1. The lowest BCUT2D eigenvalue weighted by Crippen LogP contribution is -2.47. The van der Waals surface area contributed by atoms with Gasteiger partial charge in [0, 0.05) is 38.1 Å². The summed E-state index contributed by atoms with van der Waals surface area (Å²) >= 11 is 0. The lowest BCUT2D eigenvalue weighted by Gasteiger charge is -2.37. The maximum absolute atomic E-state index is 14.4. The zero-order valence-corrected chi connectivity index (χ0v) is 14.4. The van der Waals surface area contributed by atoms with Gasteiger partial charge in [-0.25, -0.2) is 18.7 Å². The van der Waals surface area contributed by atoms with Crippen LogP contribution in [0, 0.1) is 17.6 Å². The standard InChI is InChI=1S/C19H20F2N4O/c20-15-10-13-4-2-9-25(17(13)16(21)11-15)18(26)14-5-1-8-24(12-14)19-22-6-3-7-23-19/h3,6-7,10-11,14H,1-2,4-5,8-9,12H2/t14-/m1/s1. The highest BCUT2D eigenvalue weighted by atomic mass is 19.1. The molecule has 2 aliphatic rings. The van der Waals surface area contributed by atoms with Gasteiger partial charge in [0.2, 0.25) is 11.9 Å². The van der Waals surface area contributed by atoms with Crippen molar-refractivity contribution < 1.29 is 13.6 Å². The van der Waals surface area contributed by atoms with E-state index in [1.165, 1.54) is 11.0 Å². The number of halogens is 2. The molecule has 1 aromatic heterocycles. The SMILES string of the molecule is O=C([C@@H]1CCCN(c2ncccn2)C1)N1CCCc2cc(F)cc(F)c21. The smallest absolute Gasteiger partial charge is 0.231 e. The first kappa shape index (κ1) is 16.9. The van der Waals surface area contributed by atoms with Gasteiger partial charge in [0.05, 0.1) is 11.6 Å². The van der Waals surface area contributed by atoms with Crippen molar-refractivity contribution in [1.82, 2.24) is 9.97 Å². The molecule has 3 heterocycles. The Morgan fingerprint density at radius 2 is 1.92 bits per heavy atom. The van der Waals surface area contributed by atoms with Crippen LogP contribution in [0.15, 0.2) is 30.6 Å². The van der Waals surface area contributed by atoms with Gasteiger partial charge in [-0.2, -0.15) is 0 Å². The van der Waals surface area contributed by atoms with E-state index < -0.39 is 11.6 Å². The van der Waals surface area contributed by atoms with Crippen molar-refractivity contribution >= 4 is 17.5 Å². The maximum Gasteiger partial charge on any atom is 0.231 e. The van der Waals surface area contributed by atoms with Gasteiger partial charge < -0.3 is 9.80 Å². The van der Waals surface area contributed by atoms with E-state index in [0.29, 0.717) is 37.4 Å². The molecule has 0 spiro atoms. The Hall–Kier alpha value is -2.57. The average molecular weight is 358 g/mol. The highest BCUT2D eigenvalue weighted by Gasteiger charge is 2.34. The Morgan fingerprint density at radius 1 is 1.12 bits per heavy atom. The van der Waals surface area contributed by atoms with Gasteiger partial charge in [-0.05, 0) is 43.4 Å². The van der Waals surface area contributed by atoms with Crippen LogP contribution >= 0.6 is 0 Å². The average Bonchev–Trinajstić information content (AvgIpc) is 2.67. The highest BCUT2D eigenvalue weighted by molar-refractivity contribution is 5.96. The predicted octanol–water partition coefficient (Wildman–Crippen LogP) is 2.95. The summed E-state index contributed by atoms with van der Waals surface area (Å²) in [6, 6.07) is 3.95. The lowest BCUT2D eigenvalue weighted by atomic mass is 9.94. The number of aromatic nitrogens is 2. The number of carbonyl (C=O) groups excluding carboxylic acids is 1. The second-order valence-electron chi connectivity index (χ2n) is 6.82. The molecule has 4 rings (SSSR count). The van der Waals surface area contributed by atoms with Crippen molar-refractivity contribution in [3.05, 3.63) is 47.8 Å². The van der Waals surface area contributed by atoms with E-state index in [1.807, 2.05) is 4.90 Å². The molecule has 0 aliphatic carbocycles. The van der Waals surface area contributed by atoms with E-state index in [-0.39, 0.29) is 17.5 Å². The van der Waals surface area contributed by atoms with Crippen LogP contribution in [0.25, 0.3) is 0 Å². The fraction of sp³-hybridized carbons (Fsp3) is 0.421. The summed E-state index contributed by atoms with van der Waals surface area (Å²) < 4.78 is 27.9. The van der Waals surface area contributed by atoms with Crippen LogP contribution in [0.4, 0.5) is 20.4 Å². The van der Waals surface area contributed by atoms with E-state index >= 15 is 0 Å². The van der Waals surface area contributed by atoms with Gasteiger partial charge in [-0.3, -0.25) is 4.79 Å². The monoisotopic (exact) mass is 358 g/mol. The number of amides is 1. The zero-order chi connectivity index (χ0) is 18.1. The molecule has 1 saturated heterocycles. The molecule has 1 amide bonds. The van der Waals surface area contributed by atoms with Crippen LogP contribution in [0.5, 0.6) is 0 Å².